The van der Waals surface area contributed by atoms with Crippen molar-refractivity contribution in [3.8, 4) is 0 Å². The van der Waals surface area contributed by atoms with E-state index in [4.69, 9.17) is 4.74 Å². The van der Waals surface area contributed by atoms with Gasteiger partial charge in [0, 0.05) is 32.7 Å². The summed E-state index contributed by atoms with van der Waals surface area (Å²) >= 11 is 0. The van der Waals surface area contributed by atoms with Gasteiger partial charge in [-0.15, -0.1) is 6.58 Å². The fourth-order valence-corrected chi connectivity index (χ4v) is 3.95. The Morgan fingerprint density at radius 3 is 2.35 bits per heavy atom. The zero-order valence-electron chi connectivity index (χ0n) is 14.7. The van der Waals surface area contributed by atoms with Crippen LogP contribution in [-0.2, 0) is 14.8 Å². The molecule has 2 rings (SSSR count). The number of carbonyl (C=O) groups is 2. The van der Waals surface area contributed by atoms with Crippen molar-refractivity contribution in [2.45, 2.75) is 11.8 Å². The molecule has 0 aromatic heterocycles. The predicted octanol–water partition coefficient (Wildman–Crippen LogP) is 1.07. The summed E-state index contributed by atoms with van der Waals surface area (Å²) in [5.74, 6) is -0.490. The van der Waals surface area contributed by atoms with Crippen molar-refractivity contribution >= 4 is 22.0 Å². The molecule has 1 aromatic carbocycles. The molecule has 26 heavy (non-hydrogen) atoms. The lowest BCUT2D eigenvalue weighted by molar-refractivity contribution is 0.0526. The molecule has 0 radical (unpaired) electrons. The first-order chi connectivity index (χ1) is 12.4. The zero-order valence-corrected chi connectivity index (χ0v) is 15.5. The fourth-order valence-electron chi connectivity index (χ4n) is 2.53. The lowest BCUT2D eigenvalue weighted by Crippen LogP contribution is -2.53. The first kappa shape index (κ1) is 19.9. The molecule has 0 unspecified atom stereocenters. The van der Waals surface area contributed by atoms with Gasteiger partial charge in [-0.3, -0.25) is 0 Å². The van der Waals surface area contributed by atoms with Gasteiger partial charge in [0.15, 0.2) is 0 Å². The van der Waals surface area contributed by atoms with Crippen molar-refractivity contribution in [1.29, 1.82) is 0 Å². The monoisotopic (exact) mass is 381 g/mol. The van der Waals surface area contributed by atoms with Crippen molar-refractivity contribution in [2.75, 3.05) is 39.3 Å². The minimum atomic E-state index is -3.68. The van der Waals surface area contributed by atoms with Crippen LogP contribution in [0.15, 0.2) is 41.8 Å². The number of nitrogens with zero attached hydrogens (tertiary/aromatic N) is 2. The van der Waals surface area contributed by atoms with Crippen LogP contribution in [0.2, 0.25) is 0 Å². The third kappa shape index (κ3) is 4.61. The standard InChI is InChI=1S/C17H23N3O5S/c1-3-9-18-17(22)19-10-12-20(13-11-19)26(23,24)15-7-5-14(6-8-15)16(21)25-4-2/h3,5-8H,1,4,9-13H2,2H3,(H,18,22). The van der Waals surface area contributed by atoms with Crippen molar-refractivity contribution in [3.05, 3.63) is 42.5 Å². The maximum absolute atomic E-state index is 12.7. The average Bonchev–Trinajstić information content (AvgIpc) is 2.66. The van der Waals surface area contributed by atoms with Crippen LogP contribution < -0.4 is 5.32 Å². The molecule has 1 aliphatic heterocycles. The van der Waals surface area contributed by atoms with Crippen LogP contribution in [0.1, 0.15) is 17.3 Å². The van der Waals surface area contributed by atoms with Gasteiger partial charge in [-0.1, -0.05) is 6.08 Å². The summed E-state index contributed by atoms with van der Waals surface area (Å²) in [6, 6.07) is 5.42. The fraction of sp³-hybridized carbons (Fsp3) is 0.412. The quantitative estimate of drug-likeness (QED) is 0.587. The maximum Gasteiger partial charge on any atom is 0.338 e. The van der Waals surface area contributed by atoms with E-state index in [-0.39, 0.29) is 30.6 Å². The highest BCUT2D eigenvalue weighted by atomic mass is 32.2. The number of urea groups is 1. The van der Waals surface area contributed by atoms with Gasteiger partial charge >= 0.3 is 12.0 Å². The summed E-state index contributed by atoms with van der Waals surface area (Å²) < 4.78 is 31.7. The Morgan fingerprint density at radius 1 is 1.19 bits per heavy atom. The van der Waals surface area contributed by atoms with Crippen LogP contribution in [0.25, 0.3) is 0 Å². The molecule has 0 saturated carbocycles. The minimum absolute atomic E-state index is 0.107. The lowest BCUT2D eigenvalue weighted by atomic mass is 10.2. The second-order valence-electron chi connectivity index (χ2n) is 5.61. The van der Waals surface area contributed by atoms with Crippen molar-refractivity contribution in [3.63, 3.8) is 0 Å². The van der Waals surface area contributed by atoms with E-state index in [1.807, 2.05) is 0 Å². The van der Waals surface area contributed by atoms with Gasteiger partial charge in [0.05, 0.1) is 17.1 Å². The molecule has 0 aliphatic carbocycles. The van der Waals surface area contributed by atoms with Gasteiger partial charge in [0.1, 0.15) is 0 Å². The van der Waals surface area contributed by atoms with Gasteiger partial charge in [-0.2, -0.15) is 4.31 Å². The Morgan fingerprint density at radius 2 is 1.81 bits per heavy atom. The summed E-state index contributed by atoms with van der Waals surface area (Å²) in [6.45, 7) is 6.90. The number of carbonyl (C=O) groups excluding carboxylic acids is 2. The van der Waals surface area contributed by atoms with Gasteiger partial charge in [-0.25, -0.2) is 18.0 Å². The molecular weight excluding hydrogens is 358 g/mol. The Balaban J connectivity index is 2.01. The molecule has 0 atom stereocenters. The second-order valence-corrected chi connectivity index (χ2v) is 7.55. The van der Waals surface area contributed by atoms with E-state index in [1.165, 1.54) is 28.6 Å². The minimum Gasteiger partial charge on any atom is -0.462 e. The first-order valence-corrected chi connectivity index (χ1v) is 9.75. The number of piperazine rings is 1. The molecule has 0 spiro atoms. The van der Waals surface area contributed by atoms with Crippen LogP contribution >= 0.6 is 0 Å². The number of hydrogen-bond acceptors (Lipinski definition) is 5. The molecule has 1 fully saturated rings. The van der Waals surface area contributed by atoms with E-state index < -0.39 is 16.0 Å². The van der Waals surface area contributed by atoms with Gasteiger partial charge in [0.25, 0.3) is 0 Å². The van der Waals surface area contributed by atoms with E-state index in [1.54, 1.807) is 17.9 Å². The summed E-state index contributed by atoms with van der Waals surface area (Å²) in [7, 11) is -3.68. The topological polar surface area (TPSA) is 96.0 Å². The average molecular weight is 381 g/mol. The molecular formula is C17H23N3O5S. The second kappa shape index (κ2) is 8.81. The molecule has 0 bridgehead atoms. The first-order valence-electron chi connectivity index (χ1n) is 8.31. The molecule has 9 heteroatoms. The van der Waals surface area contributed by atoms with Crippen molar-refractivity contribution < 1.29 is 22.7 Å². The molecule has 1 N–H and O–H groups in total. The Hall–Kier alpha value is -2.39. The van der Waals surface area contributed by atoms with Crippen molar-refractivity contribution in [1.82, 2.24) is 14.5 Å². The molecule has 1 saturated heterocycles. The Labute approximate surface area is 153 Å². The Kier molecular flexibility index (Phi) is 6.76. The third-order valence-electron chi connectivity index (χ3n) is 3.93. The van der Waals surface area contributed by atoms with Gasteiger partial charge in [-0.05, 0) is 31.2 Å². The zero-order chi connectivity index (χ0) is 19.2. The van der Waals surface area contributed by atoms with Crippen LogP contribution in [0.4, 0.5) is 4.79 Å². The number of esters is 1. The molecule has 1 heterocycles. The smallest absolute Gasteiger partial charge is 0.338 e. The van der Waals surface area contributed by atoms with E-state index in [2.05, 4.69) is 11.9 Å². The summed E-state index contributed by atoms with van der Waals surface area (Å²) in [5.41, 5.74) is 0.300. The number of hydrogen-bond donors (Lipinski definition) is 1. The highest BCUT2D eigenvalue weighted by Gasteiger charge is 2.30. The molecule has 8 nitrogen and oxygen atoms in total. The maximum atomic E-state index is 12.7. The summed E-state index contributed by atoms with van der Waals surface area (Å²) in [4.78, 5) is 25.2. The lowest BCUT2D eigenvalue weighted by Gasteiger charge is -2.33. The number of rotatable bonds is 6. The van der Waals surface area contributed by atoms with Crippen molar-refractivity contribution in [2.24, 2.45) is 0 Å². The van der Waals surface area contributed by atoms with E-state index in [9.17, 15) is 18.0 Å². The van der Waals surface area contributed by atoms with Crippen LogP contribution in [0.3, 0.4) is 0 Å². The summed E-state index contributed by atoms with van der Waals surface area (Å²) in [5, 5.41) is 2.67. The molecule has 142 valence electrons. The molecule has 1 aromatic rings. The number of nitrogens with one attached hydrogen (secondary N) is 1. The molecule has 2 amide bonds. The van der Waals surface area contributed by atoms with Crippen LogP contribution in [0, 0.1) is 0 Å². The van der Waals surface area contributed by atoms with Gasteiger partial charge < -0.3 is 15.0 Å². The van der Waals surface area contributed by atoms with Gasteiger partial charge in [0.2, 0.25) is 10.0 Å². The number of benzene rings is 1. The third-order valence-corrected chi connectivity index (χ3v) is 5.84. The van der Waals surface area contributed by atoms with Crippen LogP contribution in [-0.4, -0.2) is 69.0 Å². The number of sulfonamides is 1. The Bertz CT molecular complexity index is 753. The largest absolute Gasteiger partial charge is 0.462 e. The van der Waals surface area contributed by atoms with E-state index in [0.29, 0.717) is 25.2 Å². The number of amides is 2. The highest BCUT2D eigenvalue weighted by molar-refractivity contribution is 7.89. The van der Waals surface area contributed by atoms with E-state index >= 15 is 0 Å². The summed E-state index contributed by atoms with van der Waals surface area (Å²) in [6.07, 6.45) is 1.58. The van der Waals surface area contributed by atoms with E-state index in [0.717, 1.165) is 0 Å². The SMILES string of the molecule is C=CCNC(=O)N1CCN(S(=O)(=O)c2ccc(C(=O)OCC)cc2)CC1. The predicted molar refractivity (Wildman–Crippen MR) is 96.3 cm³/mol. The highest BCUT2D eigenvalue weighted by Crippen LogP contribution is 2.18. The normalized spacial score (nSPS) is 15.3. The molecule has 1 aliphatic rings. The van der Waals surface area contributed by atoms with Crippen LogP contribution in [0.5, 0.6) is 0 Å². The number of ether oxygens (including phenoxy) is 1.